The summed E-state index contributed by atoms with van der Waals surface area (Å²) in [5, 5.41) is 1.64. The Bertz CT molecular complexity index is 901. The molecule has 1 saturated heterocycles. The Morgan fingerprint density at radius 2 is 1.77 bits per heavy atom. The van der Waals surface area contributed by atoms with Crippen molar-refractivity contribution >= 4 is 28.5 Å². The van der Waals surface area contributed by atoms with Crippen LogP contribution in [0.1, 0.15) is 65.7 Å². The number of carbonyl (C=O) groups excluding carboxylic acids is 3. The smallest absolute Gasteiger partial charge is 0.261 e. The summed E-state index contributed by atoms with van der Waals surface area (Å²) in [6.45, 7) is 1.00. The zero-order valence-corrected chi connectivity index (χ0v) is 16.9. The van der Waals surface area contributed by atoms with Crippen LogP contribution in [-0.2, 0) is 14.4 Å². The Morgan fingerprint density at radius 3 is 2.43 bits per heavy atom. The van der Waals surface area contributed by atoms with Gasteiger partial charge in [0.1, 0.15) is 0 Å². The lowest BCUT2D eigenvalue weighted by molar-refractivity contribution is -0.200. The average Bonchev–Trinajstić information content (AvgIpc) is 2.78. The summed E-state index contributed by atoms with van der Waals surface area (Å²) in [6.07, 6.45) is 4.86. The molecule has 2 aliphatic rings. The van der Waals surface area contributed by atoms with E-state index in [1.807, 2.05) is 24.3 Å². The van der Waals surface area contributed by atoms with E-state index in [0.29, 0.717) is 43.5 Å². The molecular formula is C23H26N2O5. The fourth-order valence-electron chi connectivity index (χ4n) is 4.00. The number of ether oxygens (including phenoxy) is 1. The summed E-state index contributed by atoms with van der Waals surface area (Å²) in [4.78, 5) is 44.1. The van der Waals surface area contributed by atoms with Gasteiger partial charge < -0.3 is 4.74 Å². The van der Waals surface area contributed by atoms with Gasteiger partial charge >= 0.3 is 0 Å². The molecule has 7 nitrogen and oxygen atoms in total. The van der Waals surface area contributed by atoms with Crippen molar-refractivity contribution in [3.63, 3.8) is 0 Å². The summed E-state index contributed by atoms with van der Waals surface area (Å²) < 4.78 is 5.40. The lowest BCUT2D eigenvalue weighted by atomic mass is 9.94. The maximum absolute atomic E-state index is 12.8. The number of nitrogens with zero attached hydrogens (tertiary/aromatic N) is 1. The molecule has 0 radical (unpaired) electrons. The second-order valence-electron chi connectivity index (χ2n) is 7.72. The second-order valence-corrected chi connectivity index (χ2v) is 7.72. The van der Waals surface area contributed by atoms with Crippen molar-refractivity contribution in [1.82, 2.24) is 10.4 Å². The first-order chi connectivity index (χ1) is 14.6. The lowest BCUT2D eigenvalue weighted by Gasteiger charge is -2.27. The minimum atomic E-state index is -0.355. The number of nitrogens with one attached hydrogen (secondary N) is 1. The predicted molar refractivity (Wildman–Crippen MR) is 111 cm³/mol. The summed E-state index contributed by atoms with van der Waals surface area (Å²) in [6, 6.07) is 11.0. The average molecular weight is 410 g/mol. The highest BCUT2D eigenvalue weighted by molar-refractivity contribution is 6.25. The van der Waals surface area contributed by atoms with E-state index >= 15 is 0 Å². The molecule has 158 valence electrons. The molecule has 2 aromatic rings. The number of benzene rings is 2. The van der Waals surface area contributed by atoms with E-state index in [0.717, 1.165) is 36.5 Å². The standard InChI is InChI=1S/C23H26N2O5/c26-19(24-30-20-13-3-5-15-29-20)12-2-1-4-14-25-22(27)17-10-6-8-16-9-7-11-18(21(16)17)23(25)28/h6-11,20H,1-5,12-15H2,(H,24,26). The molecule has 3 amide bonds. The molecule has 1 N–H and O–H groups in total. The molecule has 0 bridgehead atoms. The first-order valence-corrected chi connectivity index (χ1v) is 10.6. The zero-order chi connectivity index (χ0) is 20.9. The first-order valence-electron chi connectivity index (χ1n) is 10.6. The molecule has 1 unspecified atom stereocenters. The van der Waals surface area contributed by atoms with Crippen LogP contribution in [-0.4, -0.2) is 42.1 Å². The fraction of sp³-hybridized carbons (Fsp3) is 0.435. The van der Waals surface area contributed by atoms with Crippen LogP contribution in [0.25, 0.3) is 10.8 Å². The highest BCUT2D eigenvalue weighted by Crippen LogP contribution is 2.30. The third kappa shape index (κ3) is 4.37. The van der Waals surface area contributed by atoms with Crippen LogP contribution in [0.5, 0.6) is 0 Å². The molecule has 2 heterocycles. The fourth-order valence-corrected chi connectivity index (χ4v) is 4.00. The number of unbranched alkanes of at least 4 members (excludes halogenated alkanes) is 2. The number of hydrogen-bond acceptors (Lipinski definition) is 5. The maximum atomic E-state index is 12.8. The van der Waals surface area contributed by atoms with Gasteiger partial charge in [0, 0.05) is 42.5 Å². The van der Waals surface area contributed by atoms with Crippen molar-refractivity contribution in [2.45, 2.75) is 51.2 Å². The van der Waals surface area contributed by atoms with E-state index in [1.165, 1.54) is 4.90 Å². The van der Waals surface area contributed by atoms with Crippen molar-refractivity contribution in [2.24, 2.45) is 0 Å². The molecule has 1 atom stereocenters. The zero-order valence-electron chi connectivity index (χ0n) is 16.9. The second kappa shape index (κ2) is 9.36. The number of carbonyl (C=O) groups is 3. The Hall–Kier alpha value is -2.77. The first kappa shape index (κ1) is 20.5. The van der Waals surface area contributed by atoms with Crippen LogP contribution < -0.4 is 5.48 Å². The van der Waals surface area contributed by atoms with E-state index in [2.05, 4.69) is 5.48 Å². The van der Waals surface area contributed by atoms with Gasteiger partial charge in [-0.1, -0.05) is 30.7 Å². The van der Waals surface area contributed by atoms with Gasteiger partial charge in [-0.3, -0.25) is 19.3 Å². The normalized spacial score (nSPS) is 18.7. The molecule has 0 aliphatic carbocycles. The number of rotatable bonds is 8. The molecule has 1 fully saturated rings. The number of hydroxylamine groups is 1. The molecule has 0 spiro atoms. The quantitative estimate of drug-likeness (QED) is 0.409. The van der Waals surface area contributed by atoms with Gasteiger partial charge in [0.2, 0.25) is 5.91 Å². The highest BCUT2D eigenvalue weighted by atomic mass is 16.8. The molecule has 30 heavy (non-hydrogen) atoms. The topological polar surface area (TPSA) is 84.9 Å². The predicted octanol–water partition coefficient (Wildman–Crippen LogP) is 3.57. The van der Waals surface area contributed by atoms with E-state index < -0.39 is 0 Å². The number of hydrogen-bond donors (Lipinski definition) is 1. The van der Waals surface area contributed by atoms with E-state index in [1.54, 1.807) is 12.1 Å². The molecule has 0 aromatic heterocycles. The van der Waals surface area contributed by atoms with Crippen molar-refractivity contribution in [1.29, 1.82) is 0 Å². The van der Waals surface area contributed by atoms with Crippen molar-refractivity contribution < 1.29 is 24.0 Å². The van der Waals surface area contributed by atoms with Crippen molar-refractivity contribution in [3.8, 4) is 0 Å². The SMILES string of the molecule is O=C(CCCCCN1C(=O)c2cccc3cccc(c23)C1=O)NOC1CCCCO1. The maximum Gasteiger partial charge on any atom is 0.261 e. The molecule has 2 aromatic carbocycles. The van der Waals surface area contributed by atoms with Crippen LogP contribution in [0.2, 0.25) is 0 Å². The van der Waals surface area contributed by atoms with Crippen LogP contribution in [0, 0.1) is 0 Å². The van der Waals surface area contributed by atoms with Crippen LogP contribution in [0.3, 0.4) is 0 Å². The molecule has 7 heteroatoms. The Labute approximate surface area is 175 Å². The summed E-state index contributed by atoms with van der Waals surface area (Å²) in [7, 11) is 0. The molecular weight excluding hydrogens is 384 g/mol. The van der Waals surface area contributed by atoms with E-state index in [9.17, 15) is 14.4 Å². The van der Waals surface area contributed by atoms with Gasteiger partial charge in [-0.15, -0.1) is 0 Å². The summed E-state index contributed by atoms with van der Waals surface area (Å²) >= 11 is 0. The highest BCUT2D eigenvalue weighted by Gasteiger charge is 2.32. The van der Waals surface area contributed by atoms with Crippen molar-refractivity contribution in [2.75, 3.05) is 13.2 Å². The minimum Gasteiger partial charge on any atom is -0.350 e. The number of amides is 3. The van der Waals surface area contributed by atoms with E-state index in [-0.39, 0.29) is 24.0 Å². The van der Waals surface area contributed by atoms with Gasteiger partial charge in [-0.05, 0) is 43.2 Å². The minimum absolute atomic E-state index is 0.185. The van der Waals surface area contributed by atoms with Crippen LogP contribution >= 0.6 is 0 Å². The van der Waals surface area contributed by atoms with Gasteiger partial charge in [0.15, 0.2) is 6.29 Å². The summed E-state index contributed by atoms with van der Waals surface area (Å²) in [5.74, 6) is -0.680. The lowest BCUT2D eigenvalue weighted by Crippen LogP contribution is -2.40. The largest absolute Gasteiger partial charge is 0.350 e. The Morgan fingerprint density at radius 1 is 1.03 bits per heavy atom. The van der Waals surface area contributed by atoms with Gasteiger partial charge in [0.05, 0.1) is 0 Å². The van der Waals surface area contributed by atoms with Gasteiger partial charge in [0.25, 0.3) is 11.8 Å². The third-order valence-corrected chi connectivity index (χ3v) is 5.58. The Balaban J connectivity index is 1.23. The molecule has 4 rings (SSSR count). The monoisotopic (exact) mass is 410 g/mol. The van der Waals surface area contributed by atoms with E-state index in [4.69, 9.17) is 9.57 Å². The van der Waals surface area contributed by atoms with Gasteiger partial charge in [-0.25, -0.2) is 10.3 Å². The summed E-state index contributed by atoms with van der Waals surface area (Å²) in [5.41, 5.74) is 3.59. The molecule has 2 aliphatic heterocycles. The van der Waals surface area contributed by atoms with Crippen LogP contribution in [0.15, 0.2) is 36.4 Å². The molecule has 0 saturated carbocycles. The van der Waals surface area contributed by atoms with Crippen LogP contribution in [0.4, 0.5) is 0 Å². The van der Waals surface area contributed by atoms with Crippen molar-refractivity contribution in [3.05, 3.63) is 47.5 Å². The Kier molecular flexibility index (Phi) is 6.40. The third-order valence-electron chi connectivity index (χ3n) is 5.58. The number of imide groups is 1. The van der Waals surface area contributed by atoms with Gasteiger partial charge in [-0.2, -0.15) is 0 Å².